The van der Waals surface area contributed by atoms with Crippen molar-refractivity contribution in [3.8, 4) is 0 Å². The van der Waals surface area contributed by atoms with Crippen molar-refractivity contribution >= 4 is 29.1 Å². The average molecular weight is 339 g/mol. The van der Waals surface area contributed by atoms with Crippen LogP contribution in [0.2, 0.25) is 10.0 Å². The lowest BCUT2D eigenvalue weighted by Gasteiger charge is -2.34. The first-order valence-corrected chi connectivity index (χ1v) is 7.88. The Balaban J connectivity index is 1.56. The summed E-state index contributed by atoms with van der Waals surface area (Å²) in [7, 11) is 0. The summed E-state index contributed by atoms with van der Waals surface area (Å²) in [4.78, 5) is 16.3. The Hall–Kier alpha value is -1.49. The van der Waals surface area contributed by atoms with Crippen LogP contribution in [0.15, 0.2) is 41.0 Å². The van der Waals surface area contributed by atoms with Crippen LogP contribution < -0.4 is 0 Å². The number of halogens is 2. The maximum absolute atomic E-state index is 12.2. The van der Waals surface area contributed by atoms with E-state index in [0.717, 1.165) is 25.2 Å². The van der Waals surface area contributed by atoms with E-state index in [1.54, 1.807) is 18.2 Å². The summed E-state index contributed by atoms with van der Waals surface area (Å²) in [5.74, 6) is 0.350. The van der Waals surface area contributed by atoms with Gasteiger partial charge in [-0.1, -0.05) is 29.3 Å². The number of hydrogen-bond donors (Lipinski definition) is 0. The van der Waals surface area contributed by atoms with Crippen LogP contribution in [0.4, 0.5) is 0 Å². The second kappa shape index (κ2) is 6.73. The molecule has 1 aliphatic rings. The van der Waals surface area contributed by atoms with Crippen molar-refractivity contribution in [2.75, 3.05) is 26.2 Å². The van der Waals surface area contributed by atoms with Gasteiger partial charge in [-0.15, -0.1) is 0 Å². The number of hydrogen-bond acceptors (Lipinski definition) is 3. The van der Waals surface area contributed by atoms with Crippen LogP contribution in [-0.2, 0) is 6.54 Å². The van der Waals surface area contributed by atoms with Crippen molar-refractivity contribution in [2.45, 2.75) is 6.54 Å². The number of nitrogens with zero attached hydrogens (tertiary/aromatic N) is 2. The fourth-order valence-electron chi connectivity index (χ4n) is 2.56. The van der Waals surface area contributed by atoms with Gasteiger partial charge in [-0.25, -0.2) is 0 Å². The third-order valence-corrected chi connectivity index (χ3v) is 4.39. The summed E-state index contributed by atoms with van der Waals surface area (Å²) in [5, 5.41) is 1.32. The van der Waals surface area contributed by atoms with Crippen molar-refractivity contribution in [3.05, 3.63) is 58.0 Å². The van der Waals surface area contributed by atoms with E-state index in [0.29, 0.717) is 28.9 Å². The third kappa shape index (κ3) is 3.46. The number of carbonyl (C=O) groups excluding carboxylic acids is 1. The van der Waals surface area contributed by atoms with E-state index in [1.807, 2.05) is 17.0 Å². The van der Waals surface area contributed by atoms with Gasteiger partial charge >= 0.3 is 0 Å². The molecule has 2 aromatic rings. The topological polar surface area (TPSA) is 36.7 Å². The number of furan rings is 1. The number of piperazine rings is 1. The Bertz CT molecular complexity index is 650. The monoisotopic (exact) mass is 338 g/mol. The highest BCUT2D eigenvalue weighted by molar-refractivity contribution is 6.35. The van der Waals surface area contributed by atoms with Crippen LogP contribution >= 0.6 is 23.2 Å². The van der Waals surface area contributed by atoms with Crippen LogP contribution in [-0.4, -0.2) is 41.9 Å². The Labute approximate surface area is 139 Å². The van der Waals surface area contributed by atoms with Gasteiger partial charge in [-0.2, -0.15) is 0 Å². The zero-order valence-electron chi connectivity index (χ0n) is 12.0. The predicted octanol–water partition coefficient (Wildman–Crippen LogP) is 3.54. The van der Waals surface area contributed by atoms with E-state index < -0.39 is 0 Å². The highest BCUT2D eigenvalue weighted by Crippen LogP contribution is 2.22. The quantitative estimate of drug-likeness (QED) is 0.858. The summed E-state index contributed by atoms with van der Waals surface area (Å²) in [6, 6.07) is 8.98. The van der Waals surface area contributed by atoms with E-state index in [4.69, 9.17) is 27.6 Å². The molecule has 22 heavy (non-hydrogen) atoms. The minimum Gasteiger partial charge on any atom is -0.459 e. The summed E-state index contributed by atoms with van der Waals surface area (Å²) in [6.07, 6.45) is 1.52. The zero-order chi connectivity index (χ0) is 15.5. The molecule has 1 amide bonds. The molecular weight excluding hydrogens is 323 g/mol. The molecule has 0 spiro atoms. The van der Waals surface area contributed by atoms with Gasteiger partial charge in [0.15, 0.2) is 5.76 Å². The van der Waals surface area contributed by atoms with Crippen LogP contribution in [0.3, 0.4) is 0 Å². The molecule has 0 saturated carbocycles. The maximum Gasteiger partial charge on any atom is 0.289 e. The first-order chi connectivity index (χ1) is 10.6. The van der Waals surface area contributed by atoms with Crippen LogP contribution in [0, 0.1) is 0 Å². The summed E-state index contributed by atoms with van der Waals surface area (Å²) >= 11 is 12.1. The first kappa shape index (κ1) is 15.4. The Morgan fingerprint density at radius 2 is 1.91 bits per heavy atom. The molecule has 4 nitrogen and oxygen atoms in total. The van der Waals surface area contributed by atoms with Gasteiger partial charge in [0.05, 0.1) is 6.26 Å². The molecule has 1 aromatic heterocycles. The van der Waals surface area contributed by atoms with E-state index in [1.165, 1.54) is 6.26 Å². The van der Waals surface area contributed by atoms with E-state index >= 15 is 0 Å². The maximum atomic E-state index is 12.2. The molecule has 0 aliphatic carbocycles. The molecule has 1 fully saturated rings. The van der Waals surface area contributed by atoms with Gasteiger partial charge < -0.3 is 9.32 Å². The van der Waals surface area contributed by atoms with E-state index in [2.05, 4.69) is 4.90 Å². The normalized spacial score (nSPS) is 16.0. The van der Waals surface area contributed by atoms with Gasteiger partial charge in [0.1, 0.15) is 0 Å². The fraction of sp³-hybridized carbons (Fsp3) is 0.312. The molecular formula is C16H16Cl2N2O2. The second-order valence-corrected chi connectivity index (χ2v) is 6.13. The highest BCUT2D eigenvalue weighted by Gasteiger charge is 2.23. The van der Waals surface area contributed by atoms with Gasteiger partial charge in [0, 0.05) is 42.8 Å². The minimum absolute atomic E-state index is 0.0471. The Kier molecular flexibility index (Phi) is 4.71. The molecule has 0 atom stereocenters. The van der Waals surface area contributed by atoms with Crippen LogP contribution in [0.1, 0.15) is 16.1 Å². The van der Waals surface area contributed by atoms with E-state index in [9.17, 15) is 4.79 Å². The van der Waals surface area contributed by atoms with Crippen molar-refractivity contribution in [3.63, 3.8) is 0 Å². The number of amides is 1. The van der Waals surface area contributed by atoms with Gasteiger partial charge in [0.25, 0.3) is 5.91 Å². The van der Waals surface area contributed by atoms with E-state index in [-0.39, 0.29) is 5.91 Å². The van der Waals surface area contributed by atoms with Crippen LogP contribution in [0.5, 0.6) is 0 Å². The highest BCUT2D eigenvalue weighted by atomic mass is 35.5. The molecule has 3 rings (SSSR count). The first-order valence-electron chi connectivity index (χ1n) is 7.12. The molecule has 6 heteroatoms. The summed E-state index contributed by atoms with van der Waals surface area (Å²) in [6.45, 7) is 3.76. The standard InChI is InChI=1S/C16H16Cl2N2O2/c17-13-4-3-12(14(18)10-13)11-19-5-7-20(8-6-19)16(21)15-2-1-9-22-15/h1-4,9-10H,5-8,11H2. The number of carbonyl (C=O) groups is 1. The van der Waals surface area contributed by atoms with Crippen LogP contribution in [0.25, 0.3) is 0 Å². The van der Waals surface area contributed by atoms with Crippen molar-refractivity contribution in [1.82, 2.24) is 9.80 Å². The molecule has 0 N–H and O–H groups in total. The molecule has 0 radical (unpaired) electrons. The van der Waals surface area contributed by atoms with Gasteiger partial charge in [-0.3, -0.25) is 9.69 Å². The summed E-state index contributed by atoms with van der Waals surface area (Å²) < 4.78 is 5.16. The molecule has 1 saturated heterocycles. The molecule has 1 aromatic carbocycles. The lowest BCUT2D eigenvalue weighted by Crippen LogP contribution is -2.48. The van der Waals surface area contributed by atoms with Crippen molar-refractivity contribution in [2.24, 2.45) is 0 Å². The second-order valence-electron chi connectivity index (χ2n) is 5.28. The predicted molar refractivity (Wildman–Crippen MR) is 86.4 cm³/mol. The molecule has 2 heterocycles. The van der Waals surface area contributed by atoms with Gasteiger partial charge in [-0.05, 0) is 29.8 Å². The largest absolute Gasteiger partial charge is 0.459 e. The molecule has 0 unspecified atom stereocenters. The smallest absolute Gasteiger partial charge is 0.289 e. The SMILES string of the molecule is O=C(c1ccco1)N1CCN(Cc2ccc(Cl)cc2Cl)CC1. The third-order valence-electron chi connectivity index (χ3n) is 3.80. The molecule has 116 valence electrons. The van der Waals surface area contributed by atoms with Crippen molar-refractivity contribution in [1.29, 1.82) is 0 Å². The molecule has 1 aliphatic heterocycles. The van der Waals surface area contributed by atoms with Gasteiger partial charge in [0.2, 0.25) is 0 Å². The zero-order valence-corrected chi connectivity index (χ0v) is 13.5. The number of rotatable bonds is 3. The Morgan fingerprint density at radius 1 is 1.14 bits per heavy atom. The average Bonchev–Trinajstić information content (AvgIpc) is 3.04. The summed E-state index contributed by atoms with van der Waals surface area (Å²) in [5.41, 5.74) is 1.05. The number of benzene rings is 1. The Morgan fingerprint density at radius 3 is 2.55 bits per heavy atom. The fourth-order valence-corrected chi connectivity index (χ4v) is 3.02. The lowest BCUT2D eigenvalue weighted by atomic mass is 10.2. The lowest BCUT2D eigenvalue weighted by molar-refractivity contribution is 0.0598. The minimum atomic E-state index is -0.0471. The van der Waals surface area contributed by atoms with Crippen molar-refractivity contribution < 1.29 is 9.21 Å². The molecule has 0 bridgehead atoms.